The number of urea groups is 1. The molecule has 5 nitrogen and oxygen atoms in total. The van der Waals surface area contributed by atoms with E-state index in [0.29, 0.717) is 13.2 Å². The van der Waals surface area contributed by atoms with Crippen LogP contribution in [-0.2, 0) is 11.3 Å². The van der Waals surface area contributed by atoms with Gasteiger partial charge in [0.2, 0.25) is 0 Å². The van der Waals surface area contributed by atoms with E-state index in [4.69, 9.17) is 9.15 Å². The number of likely N-dealkylation sites (tertiary alicyclic amines) is 1. The van der Waals surface area contributed by atoms with Crippen LogP contribution in [0.1, 0.15) is 44.3 Å². The number of nitrogens with one attached hydrogen (secondary N) is 1. The molecule has 1 N–H and O–H groups in total. The van der Waals surface area contributed by atoms with Crippen molar-refractivity contribution in [1.29, 1.82) is 0 Å². The van der Waals surface area contributed by atoms with E-state index < -0.39 is 0 Å². The molecule has 1 aliphatic rings. The quantitative estimate of drug-likeness (QED) is 0.870. The molecule has 1 aromatic rings. The second-order valence-electron chi connectivity index (χ2n) is 6.21. The summed E-state index contributed by atoms with van der Waals surface area (Å²) in [7, 11) is 1.64. The molecule has 124 valence electrons. The van der Waals surface area contributed by atoms with Gasteiger partial charge in [0.1, 0.15) is 18.1 Å². The Morgan fingerprint density at radius 3 is 3.00 bits per heavy atom. The molecule has 6 heteroatoms. The first-order chi connectivity index (χ1) is 10.5. The molecule has 0 bridgehead atoms. The SMILES string of the molecule is COCc1ccc(C2CCCN2C(=O)NCC(C)(C)SC)o1. The second kappa shape index (κ2) is 7.42. The highest BCUT2D eigenvalue weighted by molar-refractivity contribution is 7.99. The van der Waals surface area contributed by atoms with E-state index in [0.717, 1.165) is 30.9 Å². The van der Waals surface area contributed by atoms with Crippen LogP contribution in [0.2, 0.25) is 0 Å². The van der Waals surface area contributed by atoms with Gasteiger partial charge in [-0.05, 0) is 45.1 Å². The van der Waals surface area contributed by atoms with Gasteiger partial charge in [-0.25, -0.2) is 4.79 Å². The molecule has 0 saturated carbocycles. The number of ether oxygens (including phenoxy) is 1. The lowest BCUT2D eigenvalue weighted by atomic mass is 10.2. The highest BCUT2D eigenvalue weighted by Crippen LogP contribution is 2.33. The Morgan fingerprint density at radius 2 is 2.32 bits per heavy atom. The number of thioether (sulfide) groups is 1. The summed E-state index contributed by atoms with van der Waals surface area (Å²) in [4.78, 5) is 14.3. The normalized spacial score (nSPS) is 18.7. The Morgan fingerprint density at radius 1 is 1.55 bits per heavy atom. The van der Waals surface area contributed by atoms with Gasteiger partial charge in [-0.1, -0.05) is 0 Å². The third-order valence-corrected chi connectivity index (χ3v) is 5.28. The first-order valence-corrected chi connectivity index (χ1v) is 8.86. The van der Waals surface area contributed by atoms with Crippen molar-refractivity contribution < 1.29 is 13.9 Å². The number of nitrogens with zero attached hydrogens (tertiary/aromatic N) is 1. The summed E-state index contributed by atoms with van der Waals surface area (Å²) in [5, 5.41) is 3.05. The van der Waals surface area contributed by atoms with Gasteiger partial charge in [0.05, 0.1) is 6.04 Å². The van der Waals surface area contributed by atoms with E-state index >= 15 is 0 Å². The number of methoxy groups -OCH3 is 1. The van der Waals surface area contributed by atoms with E-state index in [1.165, 1.54) is 0 Å². The second-order valence-corrected chi connectivity index (χ2v) is 7.72. The zero-order chi connectivity index (χ0) is 16.2. The third kappa shape index (κ3) is 4.20. The molecule has 1 aromatic heterocycles. The Hall–Kier alpha value is -1.14. The zero-order valence-corrected chi connectivity index (χ0v) is 14.7. The van der Waals surface area contributed by atoms with E-state index in [1.807, 2.05) is 17.0 Å². The van der Waals surface area contributed by atoms with Crippen molar-refractivity contribution in [2.75, 3.05) is 26.5 Å². The molecule has 1 aliphatic heterocycles. The van der Waals surface area contributed by atoms with Gasteiger partial charge in [-0.2, -0.15) is 11.8 Å². The van der Waals surface area contributed by atoms with Crippen molar-refractivity contribution in [3.05, 3.63) is 23.7 Å². The van der Waals surface area contributed by atoms with Gasteiger partial charge in [0.25, 0.3) is 0 Å². The number of furan rings is 1. The molecule has 0 aromatic carbocycles. The molecular weight excluding hydrogens is 300 g/mol. The number of amides is 2. The number of hydrogen-bond acceptors (Lipinski definition) is 4. The van der Waals surface area contributed by atoms with Crippen molar-refractivity contribution in [2.24, 2.45) is 0 Å². The van der Waals surface area contributed by atoms with Crippen LogP contribution < -0.4 is 5.32 Å². The minimum atomic E-state index is -0.00526. The highest BCUT2D eigenvalue weighted by atomic mass is 32.2. The maximum absolute atomic E-state index is 12.5. The molecule has 1 unspecified atom stereocenters. The minimum Gasteiger partial charge on any atom is -0.461 e. The summed E-state index contributed by atoms with van der Waals surface area (Å²) in [6.45, 7) is 6.15. The van der Waals surface area contributed by atoms with Gasteiger partial charge in [0.15, 0.2) is 0 Å². The van der Waals surface area contributed by atoms with Crippen LogP contribution in [0.3, 0.4) is 0 Å². The fourth-order valence-corrected chi connectivity index (χ4v) is 2.78. The lowest BCUT2D eigenvalue weighted by molar-refractivity contribution is 0.156. The van der Waals surface area contributed by atoms with Crippen molar-refractivity contribution in [3.63, 3.8) is 0 Å². The monoisotopic (exact) mass is 326 g/mol. The molecule has 22 heavy (non-hydrogen) atoms. The molecule has 1 fully saturated rings. The van der Waals surface area contributed by atoms with Crippen LogP contribution >= 0.6 is 11.8 Å². The lowest BCUT2D eigenvalue weighted by Crippen LogP contribution is -2.44. The Kier molecular flexibility index (Phi) is 5.81. The molecule has 2 heterocycles. The minimum absolute atomic E-state index is 0.00526. The van der Waals surface area contributed by atoms with Gasteiger partial charge in [-0.3, -0.25) is 0 Å². The van der Waals surface area contributed by atoms with Crippen molar-refractivity contribution >= 4 is 17.8 Å². The molecule has 1 saturated heterocycles. The largest absolute Gasteiger partial charge is 0.461 e. The average Bonchev–Trinajstić information content (AvgIpc) is 3.13. The van der Waals surface area contributed by atoms with E-state index in [2.05, 4.69) is 25.4 Å². The molecule has 2 rings (SSSR count). The molecule has 0 radical (unpaired) electrons. The van der Waals surface area contributed by atoms with Gasteiger partial charge < -0.3 is 19.4 Å². The standard InChI is InChI=1S/C16H26N2O3S/c1-16(2,22-4)11-17-15(19)18-9-5-6-13(18)14-8-7-12(21-14)10-20-3/h7-8,13H,5-6,9-11H2,1-4H3,(H,17,19). The van der Waals surface area contributed by atoms with Crippen molar-refractivity contribution in [2.45, 2.75) is 44.1 Å². The van der Waals surface area contributed by atoms with Gasteiger partial charge in [-0.15, -0.1) is 0 Å². The lowest BCUT2D eigenvalue weighted by Gasteiger charge is -2.27. The summed E-state index contributed by atoms with van der Waals surface area (Å²) >= 11 is 1.75. The predicted molar refractivity (Wildman–Crippen MR) is 89.1 cm³/mol. The summed E-state index contributed by atoms with van der Waals surface area (Å²) in [6, 6.07) is 3.90. The Bertz CT molecular complexity index is 501. The highest BCUT2D eigenvalue weighted by Gasteiger charge is 2.32. The fourth-order valence-electron chi connectivity index (χ4n) is 2.56. The topological polar surface area (TPSA) is 54.7 Å². The molecule has 0 aliphatic carbocycles. The van der Waals surface area contributed by atoms with E-state index in [-0.39, 0.29) is 16.8 Å². The fraction of sp³-hybridized carbons (Fsp3) is 0.688. The molecule has 0 spiro atoms. The Balaban J connectivity index is 1.98. The number of carbonyl (C=O) groups is 1. The summed E-state index contributed by atoms with van der Waals surface area (Å²) in [6.07, 6.45) is 4.01. The first-order valence-electron chi connectivity index (χ1n) is 7.64. The first kappa shape index (κ1) is 17.2. The summed E-state index contributed by atoms with van der Waals surface area (Å²) < 4.78 is 10.9. The predicted octanol–water partition coefficient (Wildman–Crippen LogP) is 3.41. The maximum Gasteiger partial charge on any atom is 0.318 e. The number of rotatable bonds is 6. The zero-order valence-electron chi connectivity index (χ0n) is 13.8. The van der Waals surface area contributed by atoms with Crippen LogP contribution in [0.25, 0.3) is 0 Å². The van der Waals surface area contributed by atoms with Crippen LogP contribution in [0.4, 0.5) is 4.79 Å². The van der Waals surface area contributed by atoms with Crippen molar-refractivity contribution in [3.8, 4) is 0 Å². The average molecular weight is 326 g/mol. The molecule has 2 amide bonds. The van der Waals surface area contributed by atoms with Crippen LogP contribution in [0, 0.1) is 0 Å². The van der Waals surface area contributed by atoms with Crippen LogP contribution in [-0.4, -0.2) is 42.1 Å². The van der Waals surface area contributed by atoms with Crippen molar-refractivity contribution in [1.82, 2.24) is 10.2 Å². The molecular formula is C16H26N2O3S. The van der Waals surface area contributed by atoms with Crippen LogP contribution in [0.5, 0.6) is 0 Å². The van der Waals surface area contributed by atoms with E-state index in [9.17, 15) is 4.79 Å². The number of hydrogen-bond donors (Lipinski definition) is 1. The third-order valence-electron chi connectivity index (χ3n) is 4.03. The van der Waals surface area contributed by atoms with Gasteiger partial charge >= 0.3 is 6.03 Å². The van der Waals surface area contributed by atoms with E-state index in [1.54, 1.807) is 18.9 Å². The smallest absolute Gasteiger partial charge is 0.318 e. The summed E-state index contributed by atoms with van der Waals surface area (Å²) in [5.41, 5.74) is 0. The number of carbonyl (C=O) groups excluding carboxylic acids is 1. The maximum atomic E-state index is 12.5. The van der Waals surface area contributed by atoms with Crippen LogP contribution in [0.15, 0.2) is 16.5 Å². The van der Waals surface area contributed by atoms with Gasteiger partial charge in [0, 0.05) is 24.9 Å². The Labute approximate surface area is 136 Å². The summed E-state index contributed by atoms with van der Waals surface area (Å²) in [5.74, 6) is 1.65. The molecule has 1 atom stereocenters.